The molecule has 0 radical (unpaired) electrons. The minimum absolute atomic E-state index is 0.248. The highest BCUT2D eigenvalue weighted by molar-refractivity contribution is 6.09. The first kappa shape index (κ1) is 28.1. The summed E-state index contributed by atoms with van der Waals surface area (Å²) >= 11 is 0. The molecule has 2 aromatic rings. The van der Waals surface area contributed by atoms with E-state index in [1.807, 2.05) is 6.92 Å². The first-order valence-corrected chi connectivity index (χ1v) is 14.4. The van der Waals surface area contributed by atoms with Gasteiger partial charge in [-0.2, -0.15) is 0 Å². The molecule has 0 aromatic heterocycles. The summed E-state index contributed by atoms with van der Waals surface area (Å²) in [5, 5.41) is 0. The molecule has 5 heteroatoms. The summed E-state index contributed by atoms with van der Waals surface area (Å²) in [5.74, 6) is 0.522. The minimum atomic E-state index is -0.248. The van der Waals surface area contributed by atoms with Crippen LogP contribution >= 0.6 is 0 Å². The van der Waals surface area contributed by atoms with Gasteiger partial charge in [-0.1, -0.05) is 62.4 Å². The van der Waals surface area contributed by atoms with Crippen LogP contribution in [0.4, 0.5) is 0 Å². The fourth-order valence-electron chi connectivity index (χ4n) is 5.72. The molecular formula is C33H47N5. The Morgan fingerprint density at radius 2 is 1.76 bits per heavy atom. The molecule has 38 heavy (non-hydrogen) atoms. The van der Waals surface area contributed by atoms with E-state index in [1.54, 1.807) is 0 Å². The number of likely N-dealkylation sites (N-methyl/N-ethyl adjacent to an activating group) is 1. The second-order valence-corrected chi connectivity index (χ2v) is 11.2. The molecule has 2 atom stereocenters. The van der Waals surface area contributed by atoms with Crippen molar-refractivity contribution in [3.63, 3.8) is 0 Å². The third-order valence-electron chi connectivity index (χ3n) is 8.04. The van der Waals surface area contributed by atoms with Crippen LogP contribution in [0.5, 0.6) is 0 Å². The quantitative estimate of drug-likeness (QED) is 0.409. The lowest BCUT2D eigenvalue weighted by Gasteiger charge is -2.35. The SMILES string of the molecule is C=C(CC(CCC)c1ccccc1)N1CCc2ccc(C(/C=C(\C)N3CCN(C)CC3)=N/C(C)N)cc2C1. The number of rotatable bonds is 10. The number of hydrogen-bond donors (Lipinski definition) is 1. The van der Waals surface area contributed by atoms with Gasteiger partial charge in [-0.05, 0) is 74.9 Å². The van der Waals surface area contributed by atoms with Crippen LogP contribution in [-0.4, -0.2) is 66.3 Å². The molecule has 5 nitrogen and oxygen atoms in total. The van der Waals surface area contributed by atoms with Crippen LogP contribution in [0.2, 0.25) is 0 Å². The highest BCUT2D eigenvalue weighted by Crippen LogP contribution is 2.31. The Morgan fingerprint density at radius 3 is 2.45 bits per heavy atom. The lowest BCUT2D eigenvalue weighted by molar-refractivity contribution is 0.187. The van der Waals surface area contributed by atoms with E-state index < -0.39 is 0 Å². The Hall–Kier alpha value is -2.89. The van der Waals surface area contributed by atoms with Crippen LogP contribution in [0.25, 0.3) is 0 Å². The van der Waals surface area contributed by atoms with Gasteiger partial charge < -0.3 is 20.4 Å². The minimum Gasteiger partial charge on any atom is -0.372 e. The fourth-order valence-corrected chi connectivity index (χ4v) is 5.72. The van der Waals surface area contributed by atoms with Gasteiger partial charge >= 0.3 is 0 Å². The summed E-state index contributed by atoms with van der Waals surface area (Å²) in [6.45, 7) is 17.2. The van der Waals surface area contributed by atoms with Gasteiger partial charge in [0.2, 0.25) is 0 Å². The summed E-state index contributed by atoms with van der Waals surface area (Å²) in [4.78, 5) is 12.2. The molecular weight excluding hydrogens is 466 g/mol. The van der Waals surface area contributed by atoms with Gasteiger partial charge in [0.25, 0.3) is 0 Å². The van der Waals surface area contributed by atoms with Crippen molar-refractivity contribution in [2.24, 2.45) is 10.7 Å². The van der Waals surface area contributed by atoms with Crippen molar-refractivity contribution in [2.75, 3.05) is 39.8 Å². The predicted octanol–water partition coefficient (Wildman–Crippen LogP) is 5.78. The molecule has 2 N–H and O–H groups in total. The third kappa shape index (κ3) is 7.36. The first-order valence-electron chi connectivity index (χ1n) is 14.4. The van der Waals surface area contributed by atoms with Crippen molar-refractivity contribution in [3.05, 3.63) is 94.8 Å². The molecule has 2 aliphatic rings. The molecule has 2 heterocycles. The molecule has 0 spiro atoms. The van der Waals surface area contributed by atoms with Crippen molar-refractivity contribution in [1.29, 1.82) is 0 Å². The van der Waals surface area contributed by atoms with Crippen LogP contribution in [0, 0.1) is 0 Å². The van der Waals surface area contributed by atoms with Crippen molar-refractivity contribution < 1.29 is 0 Å². The Labute approximate surface area is 230 Å². The average Bonchev–Trinajstić information content (AvgIpc) is 2.92. The maximum absolute atomic E-state index is 6.16. The number of fused-ring (bicyclic) bond motifs is 1. The molecule has 1 saturated heterocycles. The van der Waals surface area contributed by atoms with Crippen LogP contribution in [0.1, 0.15) is 68.2 Å². The largest absolute Gasteiger partial charge is 0.372 e. The molecule has 2 unspecified atom stereocenters. The van der Waals surface area contributed by atoms with Crippen LogP contribution in [-0.2, 0) is 13.0 Å². The molecule has 2 aromatic carbocycles. The zero-order chi connectivity index (χ0) is 27.1. The zero-order valence-corrected chi connectivity index (χ0v) is 24.0. The summed E-state index contributed by atoms with van der Waals surface area (Å²) in [6.07, 6.45) is 6.41. The third-order valence-corrected chi connectivity index (χ3v) is 8.04. The van der Waals surface area contributed by atoms with E-state index in [1.165, 1.54) is 40.9 Å². The molecule has 4 rings (SSSR count). The first-order chi connectivity index (χ1) is 18.3. The number of hydrogen-bond acceptors (Lipinski definition) is 5. The second kappa shape index (κ2) is 13.3. The average molecular weight is 514 g/mol. The smallest absolute Gasteiger partial charge is 0.0948 e. The number of benzene rings is 2. The monoisotopic (exact) mass is 513 g/mol. The topological polar surface area (TPSA) is 48.1 Å². The summed E-state index contributed by atoms with van der Waals surface area (Å²) in [7, 11) is 2.19. The molecule has 0 saturated carbocycles. The molecule has 204 valence electrons. The molecule has 2 aliphatic heterocycles. The summed E-state index contributed by atoms with van der Waals surface area (Å²) in [5.41, 5.74) is 15.0. The Kier molecular flexibility index (Phi) is 9.81. The van der Waals surface area contributed by atoms with Gasteiger partial charge in [0.1, 0.15) is 0 Å². The van der Waals surface area contributed by atoms with E-state index in [2.05, 4.69) is 96.8 Å². The Morgan fingerprint density at radius 1 is 1.03 bits per heavy atom. The van der Waals surface area contributed by atoms with Crippen molar-refractivity contribution in [1.82, 2.24) is 14.7 Å². The maximum Gasteiger partial charge on any atom is 0.0948 e. The Balaban J connectivity index is 1.51. The van der Waals surface area contributed by atoms with Gasteiger partial charge in [-0.25, -0.2) is 0 Å². The van der Waals surface area contributed by atoms with Crippen molar-refractivity contribution >= 4 is 5.71 Å². The second-order valence-electron chi connectivity index (χ2n) is 11.2. The number of nitrogens with zero attached hydrogens (tertiary/aromatic N) is 4. The Bertz CT molecular complexity index is 1130. The highest BCUT2D eigenvalue weighted by Gasteiger charge is 2.22. The van der Waals surface area contributed by atoms with E-state index >= 15 is 0 Å². The maximum atomic E-state index is 6.16. The molecule has 0 aliphatic carbocycles. The predicted molar refractivity (Wildman–Crippen MR) is 161 cm³/mol. The van der Waals surface area contributed by atoms with E-state index in [9.17, 15) is 0 Å². The van der Waals surface area contributed by atoms with Gasteiger partial charge in [-0.3, -0.25) is 4.99 Å². The van der Waals surface area contributed by atoms with Gasteiger partial charge in [0.05, 0.1) is 11.9 Å². The van der Waals surface area contributed by atoms with E-state index in [4.69, 9.17) is 10.7 Å². The van der Waals surface area contributed by atoms with Crippen LogP contribution < -0.4 is 5.73 Å². The molecule has 0 amide bonds. The van der Waals surface area contributed by atoms with Crippen LogP contribution in [0.3, 0.4) is 0 Å². The lowest BCUT2D eigenvalue weighted by atomic mass is 9.89. The number of allylic oxidation sites excluding steroid dienone is 3. The lowest BCUT2D eigenvalue weighted by Crippen LogP contribution is -2.43. The standard InChI is InChI=1S/C33H47N5/c1-6-10-30(28-11-8-7-9-12-28)21-25(2)38-16-15-29-13-14-31(23-32(29)24-38)33(35-27(4)34)22-26(3)37-19-17-36(5)18-20-37/h7-9,11-14,22-23,27,30H,2,6,10,15-21,24,34H2,1,3-5H3/b26-22+,35-33+. The summed E-state index contributed by atoms with van der Waals surface area (Å²) in [6, 6.07) is 17.8. The van der Waals surface area contributed by atoms with Gasteiger partial charge in [0.15, 0.2) is 0 Å². The van der Waals surface area contributed by atoms with Crippen molar-refractivity contribution in [3.8, 4) is 0 Å². The van der Waals surface area contributed by atoms with E-state index in [0.29, 0.717) is 5.92 Å². The summed E-state index contributed by atoms with van der Waals surface area (Å²) < 4.78 is 0. The normalized spacial score (nSPS) is 18.8. The van der Waals surface area contributed by atoms with E-state index in [-0.39, 0.29) is 6.17 Å². The molecule has 0 bridgehead atoms. The number of nitrogens with two attached hydrogens (primary N) is 1. The van der Waals surface area contributed by atoms with Gasteiger partial charge in [-0.15, -0.1) is 0 Å². The zero-order valence-electron chi connectivity index (χ0n) is 24.0. The number of aliphatic imine (C=N–C) groups is 1. The van der Waals surface area contributed by atoms with Crippen LogP contribution in [0.15, 0.2) is 77.6 Å². The van der Waals surface area contributed by atoms with E-state index in [0.717, 1.165) is 63.4 Å². The number of piperazine rings is 1. The molecule has 1 fully saturated rings. The van der Waals surface area contributed by atoms with Crippen molar-refractivity contribution in [2.45, 2.75) is 65.1 Å². The van der Waals surface area contributed by atoms with Gasteiger partial charge in [0, 0.05) is 56.2 Å². The highest BCUT2D eigenvalue weighted by atomic mass is 15.2. The fraction of sp³-hybridized carbons (Fsp3) is 0.485.